The van der Waals surface area contributed by atoms with Gasteiger partial charge >= 0.3 is 72.8 Å². The van der Waals surface area contributed by atoms with Crippen molar-refractivity contribution in [2.45, 2.75) is 105 Å². The van der Waals surface area contributed by atoms with Crippen LogP contribution < -0.4 is 87.3 Å². The fourth-order valence-corrected chi connectivity index (χ4v) is 12.1. The lowest BCUT2D eigenvalue weighted by molar-refractivity contribution is -0.141. The normalized spacial score (nSPS) is 10.7. The van der Waals surface area contributed by atoms with Crippen molar-refractivity contribution in [3.05, 3.63) is 108 Å². The number of rotatable bonds is 46. The number of primary amides is 1. The summed E-state index contributed by atoms with van der Waals surface area (Å²) in [6.07, 6.45) is 0.243. The Hall–Kier alpha value is -14.6. The molecule has 9 aromatic rings. The number of nitrogens with two attached hydrogens (primary N) is 1. The van der Waals surface area contributed by atoms with E-state index in [9.17, 15) is 71.9 Å². The van der Waals surface area contributed by atoms with Gasteiger partial charge in [-0.2, -0.15) is 0 Å². The molecule has 0 unspecified atom stereocenters. The second-order valence-corrected chi connectivity index (χ2v) is 27.9. The number of alkyl carbamates (subject to hydrolysis) is 1. The summed E-state index contributed by atoms with van der Waals surface area (Å²) in [4.78, 5) is 178. The van der Waals surface area contributed by atoms with Crippen molar-refractivity contribution < 1.29 is 147 Å². The number of hydrogen-bond acceptors (Lipinski definition) is 34. The number of ether oxygens (including phenoxy) is 13. The van der Waals surface area contributed by atoms with Gasteiger partial charge in [-0.25, -0.2) is 43.2 Å². The molecule has 3 heterocycles. The van der Waals surface area contributed by atoms with E-state index in [0.29, 0.717) is 162 Å². The lowest BCUT2D eigenvalue weighted by Crippen LogP contribution is -2.34. The first-order valence-corrected chi connectivity index (χ1v) is 41.2. The van der Waals surface area contributed by atoms with Crippen LogP contribution in [0.25, 0.3) is 65.2 Å². The van der Waals surface area contributed by atoms with Crippen molar-refractivity contribution in [2.75, 3.05) is 133 Å². The van der Waals surface area contributed by atoms with E-state index in [4.69, 9.17) is 61.6 Å². The third-order valence-corrected chi connectivity index (χ3v) is 18.2. The molecule has 3 aromatic heterocycles. The zero-order valence-corrected chi connectivity index (χ0v) is 72.7. The number of carbonyl (C=O) groups excluding carboxylic acids is 15. The van der Waals surface area contributed by atoms with Crippen LogP contribution in [0.1, 0.15) is 137 Å². The summed E-state index contributed by atoms with van der Waals surface area (Å²) in [6, 6.07) is 24.8. The van der Waals surface area contributed by atoms with Gasteiger partial charge < -0.3 is 134 Å². The van der Waals surface area contributed by atoms with Gasteiger partial charge in [0.15, 0.2) is 85.9 Å². The van der Waals surface area contributed by atoms with Crippen LogP contribution in [0.5, 0.6) is 34.5 Å². The van der Waals surface area contributed by atoms with Crippen LogP contribution in [0.3, 0.4) is 0 Å². The van der Waals surface area contributed by atoms with Crippen molar-refractivity contribution >= 4 is 155 Å². The number of ketones is 3. The molecule has 129 heavy (non-hydrogen) atoms. The van der Waals surface area contributed by atoms with Crippen LogP contribution in [-0.4, -0.2) is 223 Å². The van der Waals surface area contributed by atoms with E-state index in [1.54, 1.807) is 72.8 Å². The third-order valence-electron chi connectivity index (χ3n) is 18.2. The first-order chi connectivity index (χ1) is 62.1. The lowest BCUT2D eigenvalue weighted by atomic mass is 10.1. The second-order valence-electron chi connectivity index (χ2n) is 27.9. The Morgan fingerprint density at radius 3 is 0.884 bits per heavy atom. The topological polar surface area (TPSA) is 562 Å². The number of amides is 8. The molecule has 0 aliphatic carbocycles. The minimum atomic E-state index is -0.833. The number of carbonyl (C=O) groups is 15. The predicted molar refractivity (Wildman–Crippen MR) is 464 cm³/mol. The molecule has 42 nitrogen and oxygen atoms in total. The maximum absolute atomic E-state index is 12.7. The molecule has 0 fully saturated rings. The SMILES string of the molecule is CC(=O)OCCNCCNC(=O)Oc1c2ccccc2c(OC(=O)NCCCCCOC(N)=O)c2oc(C(C)=O)cc12.COC(=O)CCCNCCNC(=O)Oc1c2ccccc2c(OC(=O)NCCCCCNC(=O)OC)c2oc(C(C)=O)cc12.COC(=O)OCCCCCNC(=O)Oc1c2ccccc2c(OC(=O)NCCNCCOC(C)=O)c2cc(C(C)=O)oc12. The fourth-order valence-electron chi connectivity index (χ4n) is 12.1. The van der Waals surface area contributed by atoms with Crippen LogP contribution >= 0.6 is 0 Å². The third kappa shape index (κ3) is 33.7. The number of Topliss-reactive ketones (excluding diaryl/α,β-unsaturated/α-hetero) is 3. The van der Waals surface area contributed by atoms with Crippen LogP contribution in [0.15, 0.2) is 104 Å². The minimum Gasteiger partial charge on any atom is -0.469 e. The zero-order chi connectivity index (χ0) is 93.6. The number of unbranched alkanes of at least 4 members (excludes halogenated alkanes) is 6. The largest absolute Gasteiger partial charge is 0.507 e. The number of fused-ring (bicyclic) bond motifs is 6. The highest BCUT2D eigenvalue weighted by Crippen LogP contribution is 2.48. The van der Waals surface area contributed by atoms with E-state index in [1.165, 1.54) is 74.1 Å². The van der Waals surface area contributed by atoms with E-state index in [1.807, 2.05) is 0 Å². The number of furan rings is 3. The molecule has 696 valence electrons. The Balaban J connectivity index is 0.000000265. The quantitative estimate of drug-likeness (QED) is 0.00730. The monoisotopic (exact) mass is 1800 g/mol. The molecule has 0 atom stereocenters. The van der Waals surface area contributed by atoms with Gasteiger partial charge in [0.25, 0.3) is 0 Å². The summed E-state index contributed by atoms with van der Waals surface area (Å²) in [7, 11) is 3.87. The zero-order valence-electron chi connectivity index (χ0n) is 72.7. The van der Waals surface area contributed by atoms with Gasteiger partial charge in [-0.15, -0.1) is 0 Å². The van der Waals surface area contributed by atoms with E-state index >= 15 is 0 Å². The summed E-state index contributed by atoms with van der Waals surface area (Å²) in [5.74, 6) is -1.56. The Morgan fingerprint density at radius 2 is 0.581 bits per heavy atom. The molecule has 9 rings (SSSR count). The summed E-state index contributed by atoms with van der Waals surface area (Å²) in [6.45, 7) is 12.2. The van der Waals surface area contributed by atoms with Gasteiger partial charge in [0.1, 0.15) is 13.2 Å². The lowest BCUT2D eigenvalue weighted by Gasteiger charge is -2.14. The highest BCUT2D eigenvalue weighted by Gasteiger charge is 2.30. The van der Waals surface area contributed by atoms with Crippen molar-refractivity contribution in [1.82, 2.24) is 53.2 Å². The summed E-state index contributed by atoms with van der Waals surface area (Å²) < 4.78 is 84.0. The van der Waals surface area contributed by atoms with E-state index in [0.717, 1.165) is 6.42 Å². The average Bonchev–Trinajstić information content (AvgIpc) is 1.66. The number of benzene rings is 6. The standard InChI is InChI=1S/C30H38N4O10.C29H35N3O11.C28H34N4O10/c1-19(35)23-18-22-25(43-30(39)34-17-16-31-13-9-12-24(36)40-2)20-10-5-6-11-21(20)26(27(22)42-23)44-29(38)33-15-8-4-7-14-32-28(37)41-3;1-18(33)23-17-22-24(42-28(36)32-13-12-30-14-16-39-19(2)34)20-9-5-6-10-21(20)25(26(22)41-23)43-27(35)31-11-7-4-8-15-40-29(37)38-3;1-17(33)22-16-21-23(41-28(37)32-12-11-30-13-15-38-18(2)34)19-8-4-5-9-20(19)24(25(21)40-22)42-27(36)31-10-6-3-7-14-39-26(29)35/h5-6,10-11,18,31H,4,7-9,12-17H2,1-3H3,(H,32,37)(H,33,38)(H,34,39);5-6,9-10,17,30H,4,7-8,11-16H2,1-3H3,(H,31,35)(H,32,36);4-5,8-9,16,30H,3,6-7,10-15H2,1-2H3,(H2,29,35)(H,31,36)(H,32,37). The van der Waals surface area contributed by atoms with Gasteiger partial charge in [0.2, 0.25) is 0 Å². The van der Waals surface area contributed by atoms with E-state index in [-0.39, 0.29) is 166 Å². The molecular formula is C87H107N11O31. The van der Waals surface area contributed by atoms with Crippen molar-refractivity contribution in [3.63, 3.8) is 0 Å². The molecule has 12 N–H and O–H groups in total. The molecule has 42 heteroatoms. The highest BCUT2D eigenvalue weighted by molar-refractivity contribution is 6.15. The molecule has 0 spiro atoms. The molecule has 0 aliphatic heterocycles. The van der Waals surface area contributed by atoms with Crippen LogP contribution in [-0.2, 0) is 47.5 Å². The van der Waals surface area contributed by atoms with Crippen LogP contribution in [0.4, 0.5) is 43.2 Å². The Morgan fingerprint density at radius 1 is 0.287 bits per heavy atom. The average molecular weight is 1800 g/mol. The number of esters is 3. The highest BCUT2D eigenvalue weighted by atomic mass is 16.7. The molecule has 0 saturated heterocycles. The maximum Gasteiger partial charge on any atom is 0.507 e. The first kappa shape index (κ1) is 102. The van der Waals surface area contributed by atoms with Gasteiger partial charge in [-0.3, -0.25) is 28.8 Å². The molecule has 0 radical (unpaired) electrons. The van der Waals surface area contributed by atoms with Crippen molar-refractivity contribution in [1.29, 1.82) is 0 Å². The fraction of sp³-hybridized carbons (Fsp3) is 0.414. The van der Waals surface area contributed by atoms with Crippen molar-refractivity contribution in [2.24, 2.45) is 5.73 Å². The van der Waals surface area contributed by atoms with E-state index < -0.39 is 54.9 Å². The Kier molecular flexibility index (Phi) is 42.8. The van der Waals surface area contributed by atoms with Gasteiger partial charge in [-0.05, 0) is 89.0 Å². The Bertz CT molecular complexity index is 5190. The molecular weight excluding hydrogens is 1700 g/mol. The van der Waals surface area contributed by atoms with Gasteiger partial charge in [-0.1, -0.05) is 72.8 Å². The first-order valence-electron chi connectivity index (χ1n) is 41.2. The number of nitrogens with one attached hydrogen (secondary N) is 10. The molecule has 0 saturated carbocycles. The van der Waals surface area contributed by atoms with Gasteiger partial charge in [0.05, 0.1) is 50.7 Å². The summed E-state index contributed by atoms with van der Waals surface area (Å²) in [5, 5.41) is 31.1. The van der Waals surface area contributed by atoms with Crippen molar-refractivity contribution in [3.8, 4) is 34.5 Å². The predicted octanol–water partition coefficient (Wildman–Crippen LogP) is 11.5. The molecule has 6 aromatic carbocycles. The molecule has 8 amide bonds. The van der Waals surface area contributed by atoms with E-state index in [2.05, 4.69) is 72.1 Å². The Labute approximate surface area is 738 Å². The molecule has 0 aliphatic rings. The van der Waals surface area contributed by atoms with Crippen LogP contribution in [0, 0.1) is 0 Å². The second kappa shape index (κ2) is 54.4. The smallest absolute Gasteiger partial charge is 0.469 e. The number of hydrogen-bond donors (Lipinski definition) is 11. The maximum atomic E-state index is 12.7. The summed E-state index contributed by atoms with van der Waals surface area (Å²) >= 11 is 0. The van der Waals surface area contributed by atoms with Gasteiger partial charge in [0, 0.05) is 152 Å². The summed E-state index contributed by atoms with van der Waals surface area (Å²) in [5.41, 5.74) is 5.12. The number of methoxy groups -OCH3 is 3. The molecule has 0 bridgehead atoms. The van der Waals surface area contributed by atoms with Crippen LogP contribution in [0.2, 0.25) is 0 Å². The minimum absolute atomic E-state index is 0.00235.